The molecule has 2 aromatic rings. The smallest absolute Gasteiger partial charge is 0.251 e. The van der Waals surface area contributed by atoms with Crippen molar-refractivity contribution < 1.29 is 9.53 Å². The van der Waals surface area contributed by atoms with Gasteiger partial charge in [0.25, 0.3) is 5.91 Å². The van der Waals surface area contributed by atoms with Crippen LogP contribution in [0.1, 0.15) is 41.2 Å². The molecule has 1 amide bonds. The molecule has 0 aliphatic carbocycles. The normalized spacial score (nSPS) is 16.2. The maximum atomic E-state index is 12.4. The maximum Gasteiger partial charge on any atom is 0.251 e. The van der Waals surface area contributed by atoms with E-state index in [1.54, 1.807) is 31.6 Å². The molecule has 0 saturated carbocycles. The fraction of sp³-hybridized carbons (Fsp3) is 0.400. The summed E-state index contributed by atoms with van der Waals surface area (Å²) in [5, 5.41) is 3.08. The lowest BCUT2D eigenvalue weighted by atomic mass is 10.0. The second-order valence-electron chi connectivity index (χ2n) is 6.33. The van der Waals surface area contributed by atoms with Crippen LogP contribution in [0.15, 0.2) is 48.8 Å². The Kier molecular flexibility index (Phi) is 6.01. The fourth-order valence-corrected chi connectivity index (χ4v) is 3.31. The van der Waals surface area contributed by atoms with E-state index in [0.29, 0.717) is 12.1 Å². The predicted molar refractivity (Wildman–Crippen MR) is 97.7 cm³/mol. The summed E-state index contributed by atoms with van der Waals surface area (Å²) in [6.45, 7) is 2.73. The molecule has 1 N–H and O–H groups in total. The van der Waals surface area contributed by atoms with Crippen molar-refractivity contribution >= 4 is 5.91 Å². The summed E-state index contributed by atoms with van der Waals surface area (Å²) >= 11 is 0. The molecule has 0 spiro atoms. The van der Waals surface area contributed by atoms with Crippen LogP contribution in [0.25, 0.3) is 0 Å². The number of carbonyl (C=O) groups excluding carboxylic acids is 1. The van der Waals surface area contributed by atoms with Gasteiger partial charge in [-0.3, -0.25) is 14.7 Å². The average Bonchev–Trinajstić information content (AvgIpc) is 2.70. The molecule has 0 unspecified atom stereocenters. The van der Waals surface area contributed by atoms with Crippen LogP contribution in [0.5, 0.6) is 5.75 Å². The van der Waals surface area contributed by atoms with E-state index in [-0.39, 0.29) is 11.9 Å². The molecule has 25 heavy (non-hydrogen) atoms. The average molecular weight is 339 g/mol. The van der Waals surface area contributed by atoms with Gasteiger partial charge < -0.3 is 10.1 Å². The van der Waals surface area contributed by atoms with Crippen molar-refractivity contribution in [1.29, 1.82) is 0 Å². The van der Waals surface area contributed by atoms with Gasteiger partial charge in [-0.2, -0.15) is 0 Å². The van der Waals surface area contributed by atoms with Gasteiger partial charge in [-0.25, -0.2) is 0 Å². The molecule has 132 valence electrons. The lowest BCUT2D eigenvalue weighted by molar-refractivity contribution is 0.0924. The third-order valence-electron chi connectivity index (χ3n) is 4.73. The first-order chi connectivity index (χ1) is 12.3. The van der Waals surface area contributed by atoms with Crippen LogP contribution in [0.2, 0.25) is 0 Å². The van der Waals surface area contributed by atoms with Gasteiger partial charge in [-0.05, 0) is 55.8 Å². The van der Waals surface area contributed by atoms with E-state index in [0.717, 1.165) is 18.8 Å². The standard InChI is InChI=1S/C20H25N3O2/c1-25-18-7-5-16(6-8-18)19(23-13-3-2-4-14-23)15-22-20(24)17-9-11-21-12-10-17/h5-12,19H,2-4,13-15H2,1H3,(H,22,24)/t19-/m1/s1. The Morgan fingerprint density at radius 2 is 1.80 bits per heavy atom. The van der Waals surface area contributed by atoms with Crippen molar-refractivity contribution in [3.05, 3.63) is 59.9 Å². The Morgan fingerprint density at radius 1 is 1.12 bits per heavy atom. The van der Waals surface area contributed by atoms with Crippen molar-refractivity contribution in [3.63, 3.8) is 0 Å². The number of amides is 1. The lowest BCUT2D eigenvalue weighted by Gasteiger charge is -2.35. The number of carbonyl (C=O) groups is 1. The molecule has 3 rings (SSSR count). The van der Waals surface area contributed by atoms with Crippen LogP contribution in [0.3, 0.4) is 0 Å². The molecule has 5 nitrogen and oxygen atoms in total. The van der Waals surface area contributed by atoms with Crippen molar-refractivity contribution in [1.82, 2.24) is 15.2 Å². The summed E-state index contributed by atoms with van der Waals surface area (Å²) in [7, 11) is 1.67. The number of hydrogen-bond donors (Lipinski definition) is 1. The Bertz CT molecular complexity index is 667. The van der Waals surface area contributed by atoms with Crippen molar-refractivity contribution in [3.8, 4) is 5.75 Å². The Morgan fingerprint density at radius 3 is 2.44 bits per heavy atom. The van der Waals surface area contributed by atoms with E-state index in [2.05, 4.69) is 27.3 Å². The van der Waals surface area contributed by atoms with Gasteiger partial charge >= 0.3 is 0 Å². The number of hydrogen-bond acceptors (Lipinski definition) is 4. The van der Waals surface area contributed by atoms with Crippen LogP contribution >= 0.6 is 0 Å². The van der Waals surface area contributed by atoms with Gasteiger partial charge in [-0.1, -0.05) is 18.6 Å². The van der Waals surface area contributed by atoms with Crippen LogP contribution in [-0.4, -0.2) is 42.5 Å². The summed E-state index contributed by atoms with van der Waals surface area (Å²) < 4.78 is 5.26. The Hall–Kier alpha value is -2.40. The van der Waals surface area contributed by atoms with Gasteiger partial charge in [-0.15, -0.1) is 0 Å². The van der Waals surface area contributed by atoms with Crippen molar-refractivity contribution in [2.75, 3.05) is 26.7 Å². The van der Waals surface area contributed by atoms with Gasteiger partial charge in [0.1, 0.15) is 5.75 Å². The zero-order valence-corrected chi connectivity index (χ0v) is 14.6. The van der Waals surface area contributed by atoms with Crippen LogP contribution < -0.4 is 10.1 Å². The second-order valence-corrected chi connectivity index (χ2v) is 6.33. The molecular weight excluding hydrogens is 314 g/mol. The molecule has 1 aromatic carbocycles. The first kappa shape index (κ1) is 17.4. The first-order valence-electron chi connectivity index (χ1n) is 8.84. The first-order valence-corrected chi connectivity index (χ1v) is 8.84. The monoisotopic (exact) mass is 339 g/mol. The summed E-state index contributed by atoms with van der Waals surface area (Å²) in [4.78, 5) is 18.8. The molecule has 1 aromatic heterocycles. The van der Waals surface area contributed by atoms with Crippen molar-refractivity contribution in [2.24, 2.45) is 0 Å². The van der Waals surface area contributed by atoms with Gasteiger partial charge in [0.05, 0.1) is 13.2 Å². The van der Waals surface area contributed by atoms with E-state index >= 15 is 0 Å². The topological polar surface area (TPSA) is 54.5 Å². The molecule has 0 radical (unpaired) electrons. The fourth-order valence-electron chi connectivity index (χ4n) is 3.31. The highest BCUT2D eigenvalue weighted by atomic mass is 16.5. The number of piperidine rings is 1. The maximum absolute atomic E-state index is 12.4. The quantitative estimate of drug-likeness (QED) is 0.879. The summed E-state index contributed by atoms with van der Waals surface area (Å²) in [6, 6.07) is 11.8. The molecule has 1 saturated heterocycles. The highest BCUT2D eigenvalue weighted by Crippen LogP contribution is 2.26. The van der Waals surface area contributed by atoms with E-state index in [9.17, 15) is 4.79 Å². The summed E-state index contributed by atoms with van der Waals surface area (Å²) in [5.74, 6) is 0.792. The number of nitrogens with one attached hydrogen (secondary N) is 1. The highest BCUT2D eigenvalue weighted by Gasteiger charge is 2.23. The van der Waals surface area contributed by atoms with Gasteiger partial charge in [0.15, 0.2) is 0 Å². The van der Waals surface area contributed by atoms with E-state index in [4.69, 9.17) is 4.74 Å². The zero-order chi connectivity index (χ0) is 17.5. The Labute approximate surface area is 149 Å². The SMILES string of the molecule is COc1ccc([C@@H](CNC(=O)c2ccncc2)N2CCCCC2)cc1. The van der Waals surface area contributed by atoms with Crippen LogP contribution in [0.4, 0.5) is 0 Å². The number of nitrogens with zero attached hydrogens (tertiary/aromatic N) is 2. The molecule has 0 bridgehead atoms. The summed E-state index contributed by atoms with van der Waals surface area (Å²) in [6.07, 6.45) is 6.99. The largest absolute Gasteiger partial charge is 0.497 e. The number of benzene rings is 1. The van der Waals surface area contributed by atoms with Gasteiger partial charge in [0.2, 0.25) is 0 Å². The number of rotatable bonds is 6. The van der Waals surface area contributed by atoms with Crippen LogP contribution in [0, 0.1) is 0 Å². The minimum atomic E-state index is -0.0575. The third kappa shape index (κ3) is 4.57. The third-order valence-corrected chi connectivity index (χ3v) is 4.73. The molecule has 1 atom stereocenters. The number of methoxy groups -OCH3 is 1. The molecule has 1 aliphatic heterocycles. The molecule has 2 heterocycles. The van der Waals surface area contributed by atoms with E-state index in [1.165, 1.54) is 24.8 Å². The zero-order valence-electron chi connectivity index (χ0n) is 14.6. The highest BCUT2D eigenvalue weighted by molar-refractivity contribution is 5.93. The number of ether oxygens (including phenoxy) is 1. The molecule has 5 heteroatoms. The molecule has 1 aliphatic rings. The molecular formula is C20H25N3O2. The van der Waals surface area contributed by atoms with Crippen molar-refractivity contribution in [2.45, 2.75) is 25.3 Å². The van der Waals surface area contributed by atoms with Gasteiger partial charge in [0, 0.05) is 24.5 Å². The number of likely N-dealkylation sites (tertiary alicyclic amines) is 1. The second kappa shape index (κ2) is 8.62. The molecule has 1 fully saturated rings. The summed E-state index contributed by atoms with van der Waals surface area (Å²) in [5.41, 5.74) is 1.85. The van der Waals surface area contributed by atoms with Crippen LogP contribution in [-0.2, 0) is 0 Å². The van der Waals surface area contributed by atoms with E-state index < -0.39 is 0 Å². The Balaban J connectivity index is 1.72. The lowest BCUT2D eigenvalue weighted by Crippen LogP contribution is -2.40. The number of aromatic nitrogens is 1. The predicted octanol–water partition coefficient (Wildman–Crippen LogP) is 3.05. The number of pyridine rings is 1. The minimum absolute atomic E-state index is 0.0575. The van der Waals surface area contributed by atoms with E-state index in [1.807, 2.05) is 12.1 Å². The minimum Gasteiger partial charge on any atom is -0.497 e.